The summed E-state index contributed by atoms with van der Waals surface area (Å²) in [6, 6.07) is 21.0. The summed E-state index contributed by atoms with van der Waals surface area (Å²) in [4.78, 5) is 31.2. The number of imide groups is 1. The van der Waals surface area contributed by atoms with E-state index in [9.17, 15) is 9.59 Å². The van der Waals surface area contributed by atoms with Crippen molar-refractivity contribution in [3.05, 3.63) is 123 Å². The Labute approximate surface area is 297 Å². The van der Waals surface area contributed by atoms with Gasteiger partial charge in [-0.3, -0.25) is 0 Å². The number of fused-ring (bicyclic) bond motifs is 1. The van der Waals surface area contributed by atoms with Crippen LogP contribution in [0.4, 0.5) is 17.1 Å². The molecule has 2 aliphatic rings. The predicted molar refractivity (Wildman–Crippen MR) is 197 cm³/mol. The molecule has 6 rings (SSSR count). The Kier molecular flexibility index (Phi) is 11.1. The Bertz CT molecular complexity index is 1770. The van der Waals surface area contributed by atoms with Gasteiger partial charge in [0.2, 0.25) is 0 Å². The Morgan fingerprint density at radius 2 is 1.19 bits per heavy atom. The molecule has 0 saturated carbocycles. The van der Waals surface area contributed by atoms with Crippen molar-refractivity contribution in [1.29, 1.82) is 0 Å². The summed E-state index contributed by atoms with van der Waals surface area (Å²) in [5.74, 6) is -0.0552. The predicted octanol–water partition coefficient (Wildman–Crippen LogP) is 9.33. The maximum Gasteiger partial charge on any atom is 0.0146 e. The van der Waals surface area contributed by atoms with Crippen LogP contribution < -0.4 is 19.4 Å². The molecule has 0 aromatic heterocycles. The molecule has 0 bridgehead atoms. The monoisotopic (exact) mass is 772 g/mol. The number of hydrogen-bond acceptors (Lipinski definition) is 5. The fourth-order valence-electron chi connectivity index (χ4n) is 6.71. The van der Waals surface area contributed by atoms with Gasteiger partial charge in [0.15, 0.2) is 0 Å². The molecule has 4 aromatic rings. The van der Waals surface area contributed by atoms with Gasteiger partial charge in [0, 0.05) is 24.5 Å². The minimum Gasteiger partial charge on any atom is -0.502 e. The van der Waals surface area contributed by atoms with E-state index < -0.39 is 13.5 Å². The molecule has 0 aliphatic carbocycles. The Balaban J connectivity index is 0.000000188. The quantitative estimate of drug-likeness (QED) is 0.111. The summed E-state index contributed by atoms with van der Waals surface area (Å²) in [7, 11) is 12.0. The second-order valence-corrected chi connectivity index (χ2v) is 18.4. The average Bonchev–Trinajstić information content (AvgIpc) is 3.55. The Hall–Kier alpha value is -3.51. The van der Waals surface area contributed by atoms with Gasteiger partial charge in [-0.15, -0.1) is 0 Å². The molecule has 9 heteroatoms. The Morgan fingerprint density at radius 3 is 1.60 bits per heavy atom. The number of aryl methyl sites for hydroxylation is 6. The summed E-state index contributed by atoms with van der Waals surface area (Å²) in [6.45, 7) is 21.4. The topological polar surface area (TPSA) is 53.1 Å². The van der Waals surface area contributed by atoms with Crippen LogP contribution in [-0.4, -0.2) is 35.6 Å². The molecule has 1 fully saturated rings. The molecule has 0 radical (unpaired) electrons. The van der Waals surface area contributed by atoms with E-state index in [0.29, 0.717) is 28.1 Å². The van der Waals surface area contributed by atoms with Crippen molar-refractivity contribution in [2.45, 2.75) is 61.5 Å². The fourth-order valence-corrected chi connectivity index (χ4v) is 8.50. The van der Waals surface area contributed by atoms with Crippen molar-refractivity contribution < 1.29 is 27.8 Å². The number of carbonyl (C=O) groups is 2. The van der Waals surface area contributed by atoms with Crippen molar-refractivity contribution in [1.82, 2.24) is 0 Å². The second kappa shape index (κ2) is 14.9. The van der Waals surface area contributed by atoms with Gasteiger partial charge in [0.1, 0.15) is 0 Å². The van der Waals surface area contributed by atoms with Gasteiger partial charge in [-0.25, -0.2) is 0 Å². The van der Waals surface area contributed by atoms with E-state index in [1.165, 1.54) is 49.7 Å². The third kappa shape index (κ3) is 7.70. The Morgan fingerprint density at radius 1 is 0.729 bits per heavy atom. The van der Waals surface area contributed by atoms with Crippen molar-refractivity contribution in [3.8, 4) is 5.75 Å². The fraction of sp³-hybridized carbons (Fsp3) is 0.282. The molecule has 1 saturated heterocycles. The molecule has 6 nitrogen and oxygen atoms in total. The van der Waals surface area contributed by atoms with Crippen molar-refractivity contribution in [3.63, 3.8) is 0 Å². The van der Waals surface area contributed by atoms with Gasteiger partial charge in [-0.2, -0.15) is 6.67 Å². The first-order chi connectivity index (χ1) is 22.7. The summed E-state index contributed by atoms with van der Waals surface area (Å²) in [5, 5.41) is 0. The van der Waals surface area contributed by atoms with Crippen LogP contribution >= 0.6 is 19.4 Å². The molecule has 0 unspecified atom stereocenters. The largest absolute Gasteiger partial charge is 0.502 e. The first-order valence-electron chi connectivity index (χ1n) is 15.9. The van der Waals surface area contributed by atoms with E-state index in [1.54, 1.807) is 47.1 Å². The smallest absolute Gasteiger partial charge is 0.0146 e. The molecule has 48 heavy (non-hydrogen) atoms. The number of nitrogens with zero attached hydrogens (tertiary/aromatic N) is 3. The molecule has 2 aliphatic heterocycles. The van der Waals surface area contributed by atoms with Crippen LogP contribution in [0, 0.1) is 48.2 Å². The van der Waals surface area contributed by atoms with Crippen LogP contribution in [0.2, 0.25) is 0 Å². The SMILES string of the molecule is CC(C)Oc1ccc(N2C(=O)c3ccccc3C2=O)cc1[CH]=[Ru]([Cl])[Cl].Cc1cc(C)c(N2[CH-]N(c3c(C)cc(C)cc3C)CC2)c(C)c1. The molecule has 254 valence electrons. The summed E-state index contributed by atoms with van der Waals surface area (Å²) < 4.78 is 7.51. The third-order valence-electron chi connectivity index (χ3n) is 8.30. The molecule has 0 N–H and O–H groups in total. The number of hydrogen-bond donors (Lipinski definition) is 0. The van der Waals surface area contributed by atoms with E-state index >= 15 is 0 Å². The molecule has 2 heterocycles. The minimum absolute atomic E-state index is 0.0244. The van der Waals surface area contributed by atoms with E-state index in [-0.39, 0.29) is 17.9 Å². The van der Waals surface area contributed by atoms with E-state index in [2.05, 4.69) is 82.3 Å². The van der Waals surface area contributed by atoms with Gasteiger partial charge in [0.25, 0.3) is 0 Å². The van der Waals surface area contributed by atoms with Gasteiger partial charge < -0.3 is 9.80 Å². The number of ether oxygens (including phenoxy) is 1. The number of benzene rings is 4. The van der Waals surface area contributed by atoms with E-state index in [0.717, 1.165) is 13.1 Å². The normalized spacial score (nSPS) is 14.3. The zero-order valence-electron chi connectivity index (χ0n) is 28.7. The standard InChI is InChI=1S/C21H27N2.C18H15NO3.2ClH.Ru/c1-14-9-16(3)20(17(4)10-14)22-7-8-23(13-22)21-18(5)11-15(2)12-19(21)6;1-11(2)22-16-9-8-13(10-12(16)3)19-17(20)14-6-4-5-7-15(14)18(19)21;;;/h9-13H,7-8H2,1-6H3;3-11H,1-2H3;2*1H;/q-1;;;;+2/p-2. The van der Waals surface area contributed by atoms with Gasteiger partial charge in [-0.1, -0.05) is 35.4 Å². The van der Waals surface area contributed by atoms with E-state index in [1.807, 2.05) is 13.8 Å². The first kappa shape index (κ1) is 35.8. The van der Waals surface area contributed by atoms with Crippen LogP contribution in [0.3, 0.4) is 0 Å². The number of carbonyl (C=O) groups excluding carboxylic acids is 2. The first-order valence-corrected chi connectivity index (χ1v) is 21.4. The van der Waals surface area contributed by atoms with Crippen LogP contribution in [-0.2, 0) is 13.5 Å². The molecule has 2 amide bonds. The summed E-state index contributed by atoms with van der Waals surface area (Å²) in [6.07, 6.45) is -0.0244. The maximum atomic E-state index is 12.6. The van der Waals surface area contributed by atoms with Crippen LogP contribution in [0.1, 0.15) is 73.5 Å². The minimum atomic E-state index is -2.11. The maximum absolute atomic E-state index is 12.6. The molecule has 0 atom stereocenters. The second-order valence-electron chi connectivity index (χ2n) is 12.7. The molecular formula is C39H42Cl2N3O3Ru-. The van der Waals surface area contributed by atoms with E-state index in [4.69, 9.17) is 24.1 Å². The third-order valence-corrected chi connectivity index (χ3v) is 10.1. The summed E-state index contributed by atoms with van der Waals surface area (Å²) >= 11 is -2.11. The van der Waals surface area contributed by atoms with Crippen LogP contribution in [0.15, 0.2) is 66.7 Å². The molecule has 4 aromatic carbocycles. The number of amides is 2. The number of anilines is 3. The zero-order valence-corrected chi connectivity index (χ0v) is 31.9. The zero-order chi connectivity index (χ0) is 34.9. The number of halogens is 2. The van der Waals surface area contributed by atoms with Crippen LogP contribution in [0.25, 0.3) is 0 Å². The van der Waals surface area contributed by atoms with Crippen molar-refractivity contribution in [2.24, 2.45) is 0 Å². The van der Waals surface area contributed by atoms with Gasteiger partial charge in [-0.05, 0) is 63.8 Å². The van der Waals surface area contributed by atoms with Gasteiger partial charge in [0.05, 0.1) is 0 Å². The van der Waals surface area contributed by atoms with Crippen molar-refractivity contribution in [2.75, 3.05) is 27.8 Å². The molecular weight excluding hydrogens is 730 g/mol. The number of rotatable bonds is 6. The van der Waals surface area contributed by atoms with Gasteiger partial charge >= 0.3 is 159 Å². The van der Waals surface area contributed by atoms with Crippen LogP contribution in [0.5, 0.6) is 5.75 Å². The molecule has 0 spiro atoms. The summed E-state index contributed by atoms with van der Waals surface area (Å²) in [5.41, 5.74) is 12.8. The average molecular weight is 773 g/mol. The van der Waals surface area contributed by atoms with Crippen molar-refractivity contribution >= 4 is 52.9 Å².